The first-order valence-electron chi connectivity index (χ1n) is 6.41. The van der Waals surface area contributed by atoms with Crippen LogP contribution in [0.15, 0.2) is 18.2 Å². The van der Waals surface area contributed by atoms with Crippen molar-refractivity contribution < 1.29 is 4.39 Å². The van der Waals surface area contributed by atoms with E-state index < -0.39 is 0 Å². The molecule has 3 heteroatoms. The number of hydrogen-bond acceptors (Lipinski definition) is 2. The van der Waals surface area contributed by atoms with E-state index in [1.54, 1.807) is 6.07 Å². The summed E-state index contributed by atoms with van der Waals surface area (Å²) in [6, 6.07) is 4.91. The van der Waals surface area contributed by atoms with Crippen molar-refractivity contribution in [2.45, 2.75) is 39.8 Å². The number of hydrogen-bond donors (Lipinski definition) is 1. The highest BCUT2D eigenvalue weighted by Gasteiger charge is 2.07. The number of halogens is 1. The van der Waals surface area contributed by atoms with Gasteiger partial charge >= 0.3 is 0 Å². The van der Waals surface area contributed by atoms with E-state index in [2.05, 4.69) is 18.7 Å². The fourth-order valence-electron chi connectivity index (χ4n) is 1.91. The van der Waals surface area contributed by atoms with Crippen molar-refractivity contribution in [3.8, 4) is 0 Å². The Morgan fingerprint density at radius 1 is 1.24 bits per heavy atom. The van der Waals surface area contributed by atoms with Crippen molar-refractivity contribution in [1.29, 1.82) is 0 Å². The number of nitrogens with two attached hydrogens (primary N) is 1. The van der Waals surface area contributed by atoms with Gasteiger partial charge in [0.15, 0.2) is 0 Å². The van der Waals surface area contributed by atoms with Gasteiger partial charge in [-0.25, -0.2) is 4.39 Å². The van der Waals surface area contributed by atoms with Gasteiger partial charge in [0.2, 0.25) is 0 Å². The van der Waals surface area contributed by atoms with E-state index >= 15 is 0 Å². The third-order valence-electron chi connectivity index (χ3n) is 3.06. The summed E-state index contributed by atoms with van der Waals surface area (Å²) >= 11 is 0. The lowest BCUT2D eigenvalue weighted by atomic mass is 10.1. The molecule has 2 N–H and O–H groups in total. The van der Waals surface area contributed by atoms with Crippen LogP contribution in [0.4, 0.5) is 4.39 Å². The van der Waals surface area contributed by atoms with Crippen LogP contribution in [0.5, 0.6) is 0 Å². The van der Waals surface area contributed by atoms with Gasteiger partial charge in [0.1, 0.15) is 5.82 Å². The van der Waals surface area contributed by atoms with Crippen LogP contribution < -0.4 is 5.73 Å². The maximum absolute atomic E-state index is 13.1. The van der Waals surface area contributed by atoms with Crippen LogP contribution in [0, 0.1) is 5.82 Å². The minimum Gasteiger partial charge on any atom is -0.326 e. The van der Waals surface area contributed by atoms with Crippen molar-refractivity contribution in [2.24, 2.45) is 5.73 Å². The largest absolute Gasteiger partial charge is 0.326 e. The molecule has 1 aromatic rings. The lowest BCUT2D eigenvalue weighted by molar-refractivity contribution is 0.274. The zero-order valence-corrected chi connectivity index (χ0v) is 10.9. The average Bonchev–Trinajstić information content (AvgIpc) is 2.35. The van der Waals surface area contributed by atoms with Crippen LogP contribution in [0.1, 0.15) is 37.8 Å². The smallest absolute Gasteiger partial charge is 0.123 e. The topological polar surface area (TPSA) is 29.3 Å². The predicted octanol–water partition coefficient (Wildman–Crippen LogP) is 2.91. The molecule has 0 spiro atoms. The highest BCUT2D eigenvalue weighted by atomic mass is 19.1. The zero-order valence-electron chi connectivity index (χ0n) is 10.9. The molecule has 1 aromatic carbocycles. The standard InChI is InChI=1S/C14H23FN2/c1-3-5-8-17(4-2)11-12-6-7-14(15)9-13(12)10-16/h6-7,9H,3-5,8,10-11,16H2,1-2H3. The molecule has 1 rings (SSSR count). The van der Waals surface area contributed by atoms with E-state index in [-0.39, 0.29) is 5.82 Å². The fraction of sp³-hybridized carbons (Fsp3) is 0.571. The molecule has 0 aliphatic heterocycles. The Kier molecular flexibility index (Phi) is 6.16. The third kappa shape index (κ3) is 4.44. The Morgan fingerprint density at radius 2 is 2.00 bits per heavy atom. The number of benzene rings is 1. The molecule has 0 radical (unpaired) electrons. The Bertz CT molecular complexity index is 339. The van der Waals surface area contributed by atoms with E-state index in [1.807, 2.05) is 6.07 Å². The van der Waals surface area contributed by atoms with Gasteiger partial charge in [0.05, 0.1) is 0 Å². The minimum atomic E-state index is -0.203. The summed E-state index contributed by atoms with van der Waals surface area (Å²) in [5.74, 6) is -0.203. The highest BCUT2D eigenvalue weighted by molar-refractivity contribution is 5.27. The average molecular weight is 238 g/mol. The molecular formula is C14H23FN2. The molecule has 0 saturated carbocycles. The fourth-order valence-corrected chi connectivity index (χ4v) is 1.91. The lowest BCUT2D eigenvalue weighted by Gasteiger charge is -2.21. The molecule has 17 heavy (non-hydrogen) atoms. The summed E-state index contributed by atoms with van der Waals surface area (Å²) in [5, 5.41) is 0. The Hall–Kier alpha value is -0.930. The van der Waals surface area contributed by atoms with Gasteiger partial charge in [-0.3, -0.25) is 4.90 Å². The maximum Gasteiger partial charge on any atom is 0.123 e. The molecule has 0 unspecified atom stereocenters. The van der Waals surface area contributed by atoms with Crippen LogP contribution in [0.3, 0.4) is 0 Å². The molecule has 0 atom stereocenters. The maximum atomic E-state index is 13.1. The summed E-state index contributed by atoms with van der Waals surface area (Å²) in [7, 11) is 0. The van der Waals surface area contributed by atoms with Crippen molar-refractivity contribution in [1.82, 2.24) is 4.90 Å². The van der Waals surface area contributed by atoms with Gasteiger partial charge in [-0.2, -0.15) is 0 Å². The van der Waals surface area contributed by atoms with Crippen LogP contribution >= 0.6 is 0 Å². The molecule has 0 aromatic heterocycles. The SMILES string of the molecule is CCCCN(CC)Cc1ccc(F)cc1CN. The zero-order chi connectivity index (χ0) is 12.7. The third-order valence-corrected chi connectivity index (χ3v) is 3.06. The normalized spacial score (nSPS) is 11.1. The van der Waals surface area contributed by atoms with Crippen LogP contribution in [0.25, 0.3) is 0 Å². The second-order valence-electron chi connectivity index (χ2n) is 4.34. The van der Waals surface area contributed by atoms with Gasteiger partial charge in [-0.15, -0.1) is 0 Å². The Balaban J connectivity index is 2.71. The van der Waals surface area contributed by atoms with Crippen LogP contribution in [-0.4, -0.2) is 18.0 Å². The van der Waals surface area contributed by atoms with Gasteiger partial charge in [-0.05, 0) is 42.8 Å². The van der Waals surface area contributed by atoms with Gasteiger partial charge in [-0.1, -0.05) is 26.3 Å². The van der Waals surface area contributed by atoms with Gasteiger partial charge < -0.3 is 5.73 Å². The summed E-state index contributed by atoms with van der Waals surface area (Å²) in [6.45, 7) is 7.72. The Labute approximate surface area is 104 Å². The Morgan fingerprint density at radius 3 is 2.59 bits per heavy atom. The molecule has 96 valence electrons. The first-order chi connectivity index (χ1) is 8.21. The van der Waals surface area contributed by atoms with Gasteiger partial charge in [0.25, 0.3) is 0 Å². The van der Waals surface area contributed by atoms with Crippen LogP contribution in [0.2, 0.25) is 0 Å². The lowest BCUT2D eigenvalue weighted by Crippen LogP contribution is -2.24. The second-order valence-corrected chi connectivity index (χ2v) is 4.34. The molecule has 0 aliphatic rings. The molecule has 0 bridgehead atoms. The van der Waals surface area contributed by atoms with Crippen molar-refractivity contribution in [3.63, 3.8) is 0 Å². The predicted molar refractivity (Wildman–Crippen MR) is 70.2 cm³/mol. The first-order valence-corrected chi connectivity index (χ1v) is 6.41. The van der Waals surface area contributed by atoms with Crippen molar-refractivity contribution in [2.75, 3.05) is 13.1 Å². The monoisotopic (exact) mass is 238 g/mol. The van der Waals surface area contributed by atoms with Gasteiger partial charge in [0, 0.05) is 13.1 Å². The summed E-state index contributed by atoms with van der Waals surface area (Å²) in [5.41, 5.74) is 7.71. The highest BCUT2D eigenvalue weighted by Crippen LogP contribution is 2.13. The molecule has 0 amide bonds. The summed E-state index contributed by atoms with van der Waals surface area (Å²) in [4.78, 5) is 2.37. The van der Waals surface area contributed by atoms with E-state index in [1.165, 1.54) is 18.9 Å². The number of unbranched alkanes of at least 4 members (excludes halogenated alkanes) is 1. The number of rotatable bonds is 7. The molecule has 0 saturated heterocycles. The van der Waals surface area contributed by atoms with E-state index in [0.29, 0.717) is 6.54 Å². The molecular weight excluding hydrogens is 215 g/mol. The molecule has 2 nitrogen and oxygen atoms in total. The van der Waals surface area contributed by atoms with E-state index in [0.717, 1.165) is 30.8 Å². The quantitative estimate of drug-likeness (QED) is 0.791. The minimum absolute atomic E-state index is 0.203. The van der Waals surface area contributed by atoms with Crippen molar-refractivity contribution >= 4 is 0 Å². The number of nitrogens with zero attached hydrogens (tertiary/aromatic N) is 1. The van der Waals surface area contributed by atoms with E-state index in [9.17, 15) is 4.39 Å². The molecule has 0 heterocycles. The summed E-state index contributed by atoms with van der Waals surface area (Å²) < 4.78 is 13.1. The van der Waals surface area contributed by atoms with Crippen LogP contribution in [-0.2, 0) is 13.1 Å². The molecule has 0 aliphatic carbocycles. The first kappa shape index (κ1) is 14.1. The summed E-state index contributed by atoms with van der Waals surface area (Å²) in [6.07, 6.45) is 2.40. The molecule has 0 fully saturated rings. The van der Waals surface area contributed by atoms with E-state index in [4.69, 9.17) is 5.73 Å². The second kappa shape index (κ2) is 7.41. The van der Waals surface area contributed by atoms with Crippen molar-refractivity contribution in [3.05, 3.63) is 35.1 Å².